The van der Waals surface area contributed by atoms with E-state index in [1.54, 1.807) is 4.90 Å². The van der Waals surface area contributed by atoms with Gasteiger partial charge in [0.2, 0.25) is 5.91 Å². The van der Waals surface area contributed by atoms with Gasteiger partial charge in [0.05, 0.1) is 18.3 Å². The Morgan fingerprint density at radius 2 is 2.16 bits per heavy atom. The summed E-state index contributed by atoms with van der Waals surface area (Å²) in [7, 11) is 0. The quantitative estimate of drug-likeness (QED) is 0.871. The molecule has 2 atom stereocenters. The minimum absolute atomic E-state index is 0.0453. The Morgan fingerprint density at radius 3 is 2.79 bits per heavy atom. The molecule has 7 heteroatoms. The second-order valence-electron chi connectivity index (χ2n) is 4.71. The predicted molar refractivity (Wildman–Crippen MR) is 69.5 cm³/mol. The van der Waals surface area contributed by atoms with Crippen molar-refractivity contribution in [1.82, 2.24) is 14.9 Å². The van der Waals surface area contributed by atoms with Crippen LogP contribution in [0.4, 0.5) is 0 Å². The lowest BCUT2D eigenvalue weighted by atomic mass is 9.92. The Kier molecular flexibility index (Phi) is 3.99. The third-order valence-electron chi connectivity index (χ3n) is 3.37. The van der Waals surface area contributed by atoms with Crippen LogP contribution < -0.4 is 5.73 Å². The first-order valence-electron chi connectivity index (χ1n) is 6.07. The third-order valence-corrected chi connectivity index (χ3v) is 3.55. The van der Waals surface area contributed by atoms with E-state index in [4.69, 9.17) is 17.3 Å². The number of aromatic nitrogens is 2. The fourth-order valence-electron chi connectivity index (χ4n) is 2.21. The summed E-state index contributed by atoms with van der Waals surface area (Å²) < 4.78 is 0. The summed E-state index contributed by atoms with van der Waals surface area (Å²) in [4.78, 5) is 33.0. The Morgan fingerprint density at radius 1 is 1.42 bits per heavy atom. The summed E-state index contributed by atoms with van der Waals surface area (Å²) in [5.74, 6) is -0.942. The maximum absolute atomic E-state index is 12.3. The molecule has 1 saturated heterocycles. The Hall–Kier alpha value is -1.69. The number of carbonyl (C=O) groups excluding carboxylic acids is 2. The molecule has 1 aliphatic rings. The molecule has 1 aliphatic heterocycles. The van der Waals surface area contributed by atoms with Crippen LogP contribution in [0.3, 0.4) is 0 Å². The molecule has 0 bridgehead atoms. The van der Waals surface area contributed by atoms with Crippen molar-refractivity contribution in [3.05, 3.63) is 23.2 Å². The zero-order valence-electron chi connectivity index (χ0n) is 10.5. The normalized spacial score (nSPS) is 23.2. The van der Waals surface area contributed by atoms with Crippen molar-refractivity contribution in [1.29, 1.82) is 0 Å². The number of rotatable bonds is 2. The van der Waals surface area contributed by atoms with Crippen LogP contribution in [0.1, 0.15) is 30.3 Å². The Labute approximate surface area is 116 Å². The Bertz CT molecular complexity index is 508. The summed E-state index contributed by atoms with van der Waals surface area (Å²) >= 11 is 5.72. The lowest BCUT2D eigenvalue weighted by Crippen LogP contribution is -2.48. The summed E-state index contributed by atoms with van der Waals surface area (Å²) in [5, 5.41) is 0.168. The van der Waals surface area contributed by atoms with Crippen LogP contribution in [0.15, 0.2) is 12.4 Å². The average Bonchev–Trinajstić information content (AvgIpc) is 2.38. The van der Waals surface area contributed by atoms with Crippen molar-refractivity contribution in [2.24, 2.45) is 11.7 Å². The lowest BCUT2D eigenvalue weighted by Gasteiger charge is -2.36. The highest BCUT2D eigenvalue weighted by Crippen LogP contribution is 2.23. The van der Waals surface area contributed by atoms with E-state index in [1.165, 1.54) is 12.4 Å². The molecule has 0 saturated carbocycles. The average molecular weight is 283 g/mol. The van der Waals surface area contributed by atoms with Gasteiger partial charge in [-0.25, -0.2) is 4.98 Å². The van der Waals surface area contributed by atoms with E-state index in [9.17, 15) is 9.59 Å². The minimum Gasteiger partial charge on any atom is -0.369 e. The smallest absolute Gasteiger partial charge is 0.274 e. The molecule has 2 amide bonds. The maximum Gasteiger partial charge on any atom is 0.274 e. The number of hydrogen-bond donors (Lipinski definition) is 1. The van der Waals surface area contributed by atoms with Crippen LogP contribution in [-0.2, 0) is 4.79 Å². The first-order valence-corrected chi connectivity index (χ1v) is 6.44. The molecular formula is C12H15ClN4O2. The van der Waals surface area contributed by atoms with Gasteiger partial charge >= 0.3 is 0 Å². The molecule has 19 heavy (non-hydrogen) atoms. The molecule has 1 aromatic rings. The zero-order chi connectivity index (χ0) is 14.0. The number of halogens is 1. The number of hydrogen-bond acceptors (Lipinski definition) is 4. The molecular weight excluding hydrogens is 268 g/mol. The highest BCUT2D eigenvalue weighted by atomic mass is 35.5. The van der Waals surface area contributed by atoms with Gasteiger partial charge in [0, 0.05) is 12.6 Å². The molecule has 0 aliphatic carbocycles. The van der Waals surface area contributed by atoms with Crippen LogP contribution in [0.5, 0.6) is 0 Å². The molecule has 2 rings (SSSR count). The fourth-order valence-corrected chi connectivity index (χ4v) is 2.36. The zero-order valence-corrected chi connectivity index (χ0v) is 11.3. The molecule has 0 aromatic carbocycles. The molecule has 2 heterocycles. The van der Waals surface area contributed by atoms with Gasteiger partial charge in [-0.1, -0.05) is 11.6 Å². The first-order chi connectivity index (χ1) is 8.99. The number of nitrogens with two attached hydrogens (primary N) is 1. The van der Waals surface area contributed by atoms with Crippen LogP contribution in [0.25, 0.3) is 0 Å². The third kappa shape index (κ3) is 3.01. The highest BCUT2D eigenvalue weighted by Gasteiger charge is 2.32. The fraction of sp³-hybridized carbons (Fsp3) is 0.500. The molecule has 1 fully saturated rings. The van der Waals surface area contributed by atoms with Gasteiger partial charge in [-0.05, 0) is 19.8 Å². The largest absolute Gasteiger partial charge is 0.369 e. The second-order valence-corrected chi connectivity index (χ2v) is 5.10. The van der Waals surface area contributed by atoms with Gasteiger partial charge in [0.15, 0.2) is 0 Å². The molecule has 1 aromatic heterocycles. The van der Waals surface area contributed by atoms with Gasteiger partial charge in [0.1, 0.15) is 10.8 Å². The molecule has 2 N–H and O–H groups in total. The monoisotopic (exact) mass is 282 g/mol. The van der Waals surface area contributed by atoms with Crippen LogP contribution in [0, 0.1) is 5.92 Å². The van der Waals surface area contributed by atoms with E-state index in [-0.39, 0.29) is 34.6 Å². The van der Waals surface area contributed by atoms with Crippen molar-refractivity contribution in [3.63, 3.8) is 0 Å². The summed E-state index contributed by atoms with van der Waals surface area (Å²) in [6.07, 6.45) is 4.19. The van der Waals surface area contributed by atoms with E-state index in [0.717, 1.165) is 6.42 Å². The van der Waals surface area contributed by atoms with Crippen molar-refractivity contribution < 1.29 is 9.59 Å². The topological polar surface area (TPSA) is 89.2 Å². The van der Waals surface area contributed by atoms with E-state index in [2.05, 4.69) is 9.97 Å². The van der Waals surface area contributed by atoms with E-state index in [1.807, 2.05) is 6.92 Å². The van der Waals surface area contributed by atoms with Crippen LogP contribution >= 0.6 is 11.6 Å². The number of nitrogens with zero attached hydrogens (tertiary/aromatic N) is 3. The van der Waals surface area contributed by atoms with Gasteiger partial charge in [-0.3, -0.25) is 14.6 Å². The van der Waals surface area contributed by atoms with Crippen LogP contribution in [-0.4, -0.2) is 39.3 Å². The standard InChI is InChI=1S/C12H15ClN4O2/c1-7-2-3-8(11(14)18)6-17(7)12(19)9-4-15-5-10(13)16-9/h4-5,7-8H,2-3,6H2,1H3,(H2,14,18). The van der Waals surface area contributed by atoms with E-state index < -0.39 is 0 Å². The number of likely N-dealkylation sites (tertiary alicyclic amines) is 1. The van der Waals surface area contributed by atoms with Gasteiger partial charge in [-0.2, -0.15) is 0 Å². The van der Waals surface area contributed by atoms with Crippen molar-refractivity contribution in [2.45, 2.75) is 25.8 Å². The van der Waals surface area contributed by atoms with Crippen molar-refractivity contribution >= 4 is 23.4 Å². The van der Waals surface area contributed by atoms with Gasteiger partial charge in [-0.15, -0.1) is 0 Å². The molecule has 0 spiro atoms. The molecule has 2 unspecified atom stereocenters. The second kappa shape index (κ2) is 5.52. The SMILES string of the molecule is CC1CCC(C(N)=O)CN1C(=O)c1cncc(Cl)n1. The van der Waals surface area contributed by atoms with Gasteiger partial charge in [0.25, 0.3) is 5.91 Å². The van der Waals surface area contributed by atoms with E-state index in [0.29, 0.717) is 13.0 Å². The van der Waals surface area contributed by atoms with Gasteiger partial charge < -0.3 is 10.6 Å². The number of amides is 2. The minimum atomic E-state index is -0.373. The first kappa shape index (κ1) is 13.7. The number of piperidine rings is 1. The summed E-state index contributed by atoms with van der Waals surface area (Å²) in [5.41, 5.74) is 5.50. The number of carbonyl (C=O) groups is 2. The van der Waals surface area contributed by atoms with E-state index >= 15 is 0 Å². The Balaban J connectivity index is 2.19. The molecule has 102 valence electrons. The molecule has 0 radical (unpaired) electrons. The molecule has 6 nitrogen and oxygen atoms in total. The van der Waals surface area contributed by atoms with Crippen molar-refractivity contribution in [3.8, 4) is 0 Å². The van der Waals surface area contributed by atoms with Crippen molar-refractivity contribution in [2.75, 3.05) is 6.54 Å². The lowest BCUT2D eigenvalue weighted by molar-refractivity contribution is -0.123. The summed E-state index contributed by atoms with van der Waals surface area (Å²) in [6.45, 7) is 2.26. The predicted octanol–water partition coefficient (Wildman–Crippen LogP) is 0.856. The highest BCUT2D eigenvalue weighted by molar-refractivity contribution is 6.29. The number of primary amides is 1. The summed E-state index contributed by atoms with van der Waals surface area (Å²) in [6, 6.07) is 0.0453. The van der Waals surface area contributed by atoms with Crippen LogP contribution in [0.2, 0.25) is 5.15 Å². The maximum atomic E-state index is 12.3.